The van der Waals surface area contributed by atoms with Crippen LogP contribution in [0.15, 0.2) is 17.0 Å². The third-order valence-electron chi connectivity index (χ3n) is 1.67. The Bertz CT molecular complexity index is 522. The number of halogens is 3. The van der Waals surface area contributed by atoms with Gasteiger partial charge in [-0.15, -0.1) is 0 Å². The first kappa shape index (κ1) is 12.8. The normalized spacial score (nSPS) is 11.5. The number of ketones is 1. The van der Waals surface area contributed by atoms with Crippen molar-refractivity contribution in [1.29, 1.82) is 0 Å². The van der Waals surface area contributed by atoms with Gasteiger partial charge in [0.1, 0.15) is 4.90 Å². The Morgan fingerprint density at radius 1 is 1.27 bits per heavy atom. The predicted octanol–water partition coefficient (Wildman–Crippen LogP) is 3.12. The summed E-state index contributed by atoms with van der Waals surface area (Å²) < 4.78 is 22.4. The summed E-state index contributed by atoms with van der Waals surface area (Å²) in [6.07, 6.45) is 0. The zero-order valence-electron chi connectivity index (χ0n) is 7.42. The summed E-state index contributed by atoms with van der Waals surface area (Å²) in [5, 5.41) is -0.208. The zero-order valence-corrected chi connectivity index (χ0v) is 10.5. The molecule has 0 aliphatic heterocycles. The quantitative estimate of drug-likeness (QED) is 0.620. The first-order valence-electron chi connectivity index (χ1n) is 3.68. The van der Waals surface area contributed by atoms with Crippen molar-refractivity contribution >= 4 is 48.7 Å². The van der Waals surface area contributed by atoms with Gasteiger partial charge in [0.25, 0.3) is 9.05 Å². The van der Waals surface area contributed by atoms with E-state index in [1.165, 1.54) is 19.1 Å². The number of carbonyl (C=O) groups is 1. The van der Waals surface area contributed by atoms with E-state index in [1.54, 1.807) is 0 Å². The van der Waals surface area contributed by atoms with Gasteiger partial charge in [-0.3, -0.25) is 4.79 Å². The van der Waals surface area contributed by atoms with Crippen molar-refractivity contribution in [3.63, 3.8) is 0 Å². The third-order valence-corrected chi connectivity index (χ3v) is 3.96. The van der Waals surface area contributed by atoms with E-state index in [0.29, 0.717) is 0 Å². The maximum absolute atomic E-state index is 11.2. The minimum Gasteiger partial charge on any atom is -0.294 e. The molecule has 0 unspecified atom stereocenters. The van der Waals surface area contributed by atoms with E-state index in [9.17, 15) is 13.2 Å². The molecule has 0 aromatic heterocycles. The molecule has 0 aliphatic carbocycles. The molecule has 3 nitrogen and oxygen atoms in total. The fraction of sp³-hybridized carbons (Fsp3) is 0.125. The van der Waals surface area contributed by atoms with Crippen LogP contribution in [-0.2, 0) is 9.05 Å². The van der Waals surface area contributed by atoms with Crippen LogP contribution in [-0.4, -0.2) is 14.2 Å². The zero-order chi connectivity index (χ0) is 11.8. The van der Waals surface area contributed by atoms with Gasteiger partial charge in [0.05, 0.1) is 10.0 Å². The molecule has 1 aromatic carbocycles. The fourth-order valence-corrected chi connectivity index (χ4v) is 3.13. The number of carbonyl (C=O) groups excluding carboxylic acids is 1. The monoisotopic (exact) mass is 286 g/mol. The maximum atomic E-state index is 11.2. The van der Waals surface area contributed by atoms with Gasteiger partial charge < -0.3 is 0 Å². The van der Waals surface area contributed by atoms with Gasteiger partial charge in [-0.05, 0) is 19.1 Å². The highest BCUT2D eigenvalue weighted by molar-refractivity contribution is 8.13. The Morgan fingerprint density at radius 3 is 2.20 bits per heavy atom. The molecule has 0 aliphatic rings. The van der Waals surface area contributed by atoms with E-state index in [1.807, 2.05) is 0 Å². The summed E-state index contributed by atoms with van der Waals surface area (Å²) in [7, 11) is 1.07. The maximum Gasteiger partial charge on any atom is 0.263 e. The average Bonchev–Trinajstić information content (AvgIpc) is 2.06. The first-order chi connectivity index (χ1) is 6.75. The topological polar surface area (TPSA) is 51.2 Å². The second-order valence-corrected chi connectivity index (χ2v) is 6.02. The first-order valence-corrected chi connectivity index (χ1v) is 6.75. The lowest BCUT2D eigenvalue weighted by molar-refractivity contribution is 0.101. The molecule has 0 atom stereocenters. The average molecular weight is 288 g/mol. The van der Waals surface area contributed by atoms with Crippen LogP contribution < -0.4 is 0 Å². The van der Waals surface area contributed by atoms with Crippen LogP contribution >= 0.6 is 33.9 Å². The number of hydrogen-bond donors (Lipinski definition) is 0. The molecule has 0 spiro atoms. The summed E-state index contributed by atoms with van der Waals surface area (Å²) in [6.45, 7) is 1.21. The SMILES string of the molecule is CC(=O)c1ccc(Cl)c(Cl)c1S(=O)(=O)Cl. The lowest BCUT2D eigenvalue weighted by Crippen LogP contribution is -2.03. The third kappa shape index (κ3) is 2.64. The molecular weight excluding hydrogens is 283 g/mol. The number of rotatable bonds is 2. The number of hydrogen-bond acceptors (Lipinski definition) is 3. The highest BCUT2D eigenvalue weighted by Gasteiger charge is 2.23. The van der Waals surface area contributed by atoms with Crippen molar-refractivity contribution in [1.82, 2.24) is 0 Å². The molecule has 0 fully saturated rings. The lowest BCUT2D eigenvalue weighted by Gasteiger charge is -2.06. The van der Waals surface area contributed by atoms with E-state index in [0.717, 1.165) is 0 Å². The van der Waals surface area contributed by atoms with E-state index in [4.69, 9.17) is 33.9 Å². The Morgan fingerprint density at radius 2 is 1.80 bits per heavy atom. The van der Waals surface area contributed by atoms with E-state index < -0.39 is 19.7 Å². The van der Waals surface area contributed by atoms with Crippen LogP contribution in [0.1, 0.15) is 17.3 Å². The summed E-state index contributed by atoms with van der Waals surface area (Å²) >= 11 is 11.3. The smallest absolute Gasteiger partial charge is 0.263 e. The molecule has 0 amide bonds. The van der Waals surface area contributed by atoms with Crippen LogP contribution in [0, 0.1) is 0 Å². The van der Waals surface area contributed by atoms with Gasteiger partial charge in [0, 0.05) is 16.2 Å². The summed E-state index contributed by atoms with van der Waals surface area (Å²) in [5.41, 5.74) is -0.0700. The lowest BCUT2D eigenvalue weighted by atomic mass is 10.1. The molecular formula is C8H5Cl3O3S. The summed E-state index contributed by atoms with van der Waals surface area (Å²) in [6, 6.07) is 2.61. The summed E-state index contributed by atoms with van der Waals surface area (Å²) in [5.74, 6) is -0.451. The number of Topliss-reactive ketones (excluding diaryl/α,β-unsaturated/α-hetero) is 1. The van der Waals surface area contributed by atoms with Gasteiger partial charge in [0.2, 0.25) is 0 Å². The van der Waals surface area contributed by atoms with Crippen LogP contribution in [0.2, 0.25) is 10.0 Å². The molecule has 0 saturated heterocycles. The minimum atomic E-state index is -4.10. The highest BCUT2D eigenvalue weighted by Crippen LogP contribution is 2.34. The molecule has 15 heavy (non-hydrogen) atoms. The largest absolute Gasteiger partial charge is 0.294 e. The van der Waals surface area contributed by atoms with Crippen LogP contribution in [0.3, 0.4) is 0 Å². The van der Waals surface area contributed by atoms with E-state index in [2.05, 4.69) is 0 Å². The van der Waals surface area contributed by atoms with Gasteiger partial charge in [-0.25, -0.2) is 8.42 Å². The molecule has 82 valence electrons. The van der Waals surface area contributed by atoms with Gasteiger partial charge >= 0.3 is 0 Å². The van der Waals surface area contributed by atoms with Gasteiger partial charge in [-0.2, -0.15) is 0 Å². The molecule has 1 rings (SSSR count). The Labute approximate surface area is 101 Å². The Hall–Kier alpha value is -0.290. The van der Waals surface area contributed by atoms with Crippen LogP contribution in [0.4, 0.5) is 0 Å². The van der Waals surface area contributed by atoms with Crippen molar-refractivity contribution in [3.8, 4) is 0 Å². The Balaban J connectivity index is 3.72. The van der Waals surface area contributed by atoms with Crippen molar-refractivity contribution in [2.24, 2.45) is 0 Å². The van der Waals surface area contributed by atoms with Crippen molar-refractivity contribution in [3.05, 3.63) is 27.7 Å². The van der Waals surface area contributed by atoms with Crippen molar-refractivity contribution < 1.29 is 13.2 Å². The second-order valence-electron chi connectivity index (χ2n) is 2.73. The predicted molar refractivity (Wildman–Crippen MR) is 59.5 cm³/mol. The van der Waals surface area contributed by atoms with Crippen LogP contribution in [0.5, 0.6) is 0 Å². The molecule has 0 saturated carbocycles. The van der Waals surface area contributed by atoms with Crippen molar-refractivity contribution in [2.75, 3.05) is 0 Å². The van der Waals surface area contributed by atoms with Gasteiger partial charge in [0.15, 0.2) is 5.78 Å². The second kappa shape index (κ2) is 4.29. The standard InChI is InChI=1S/C8H5Cl3O3S/c1-4(12)5-2-3-6(9)7(10)8(5)15(11,13)14/h2-3H,1H3. The molecule has 0 bridgehead atoms. The molecule has 7 heteroatoms. The van der Waals surface area contributed by atoms with Crippen LogP contribution in [0.25, 0.3) is 0 Å². The molecule has 0 heterocycles. The molecule has 1 aromatic rings. The Kier molecular flexibility index (Phi) is 3.66. The fourth-order valence-electron chi connectivity index (χ4n) is 1.05. The minimum absolute atomic E-state index is 0.0286. The van der Waals surface area contributed by atoms with E-state index >= 15 is 0 Å². The van der Waals surface area contributed by atoms with Gasteiger partial charge in [-0.1, -0.05) is 23.2 Å². The van der Waals surface area contributed by atoms with Crippen molar-refractivity contribution in [2.45, 2.75) is 11.8 Å². The molecule has 0 N–H and O–H groups in total. The number of benzene rings is 1. The highest BCUT2D eigenvalue weighted by atomic mass is 35.7. The molecule has 0 radical (unpaired) electrons. The van der Waals surface area contributed by atoms with E-state index in [-0.39, 0.29) is 15.6 Å². The summed E-state index contributed by atoms with van der Waals surface area (Å²) in [4.78, 5) is 10.7.